The highest BCUT2D eigenvalue weighted by atomic mass is 127. The van der Waals surface area contributed by atoms with Crippen LogP contribution in [-0.4, -0.2) is 49.7 Å². The first-order valence-electron chi connectivity index (χ1n) is 8.37. The number of carbonyl (C=O) groups excluding carboxylic acids is 1. The van der Waals surface area contributed by atoms with Gasteiger partial charge in [-0.2, -0.15) is 0 Å². The third-order valence-electron chi connectivity index (χ3n) is 4.17. The number of aromatic nitrogens is 1. The van der Waals surface area contributed by atoms with Crippen molar-refractivity contribution in [2.24, 2.45) is 12.0 Å². The zero-order chi connectivity index (χ0) is 20.0. The van der Waals surface area contributed by atoms with Crippen molar-refractivity contribution in [3.63, 3.8) is 0 Å². The molecule has 154 valence electrons. The van der Waals surface area contributed by atoms with E-state index in [0.717, 1.165) is 21.7 Å². The molecule has 1 aromatic heterocycles. The van der Waals surface area contributed by atoms with Crippen LogP contribution in [0.4, 0.5) is 0 Å². The number of hydrogen-bond donors (Lipinski definition) is 1. The molecule has 28 heavy (non-hydrogen) atoms. The first-order valence-corrected chi connectivity index (χ1v) is 9.16. The van der Waals surface area contributed by atoms with Gasteiger partial charge in [0.15, 0.2) is 5.96 Å². The fourth-order valence-electron chi connectivity index (χ4n) is 2.74. The minimum absolute atomic E-state index is 0. The van der Waals surface area contributed by atoms with Gasteiger partial charge in [0.2, 0.25) is 0 Å². The Labute approximate surface area is 191 Å². The molecule has 0 fully saturated rings. The quantitative estimate of drug-likeness (QED) is 0.252. The lowest BCUT2D eigenvalue weighted by atomic mass is 10.1. The van der Waals surface area contributed by atoms with E-state index >= 15 is 0 Å². The van der Waals surface area contributed by atoms with Gasteiger partial charge in [-0.05, 0) is 39.7 Å². The van der Waals surface area contributed by atoms with Crippen LogP contribution in [0.2, 0.25) is 0 Å². The largest absolute Gasteiger partial charge is 0.496 e. The number of hydrogen-bond acceptors (Lipinski definition) is 4. The molecule has 9 heteroatoms. The Morgan fingerprint density at radius 3 is 2.57 bits per heavy atom. The van der Waals surface area contributed by atoms with Crippen molar-refractivity contribution in [1.82, 2.24) is 14.8 Å². The van der Waals surface area contributed by atoms with Crippen molar-refractivity contribution in [2.45, 2.75) is 13.1 Å². The number of guanidine groups is 1. The summed E-state index contributed by atoms with van der Waals surface area (Å²) in [5, 5.41) is 3.32. The number of carbonyl (C=O) groups is 1. The lowest BCUT2D eigenvalue weighted by Crippen LogP contribution is -2.38. The average molecular weight is 565 g/mol. The van der Waals surface area contributed by atoms with E-state index in [-0.39, 0.29) is 24.0 Å². The number of esters is 1. The first-order chi connectivity index (χ1) is 12.9. The lowest BCUT2D eigenvalue weighted by molar-refractivity contribution is 0.0597. The molecule has 0 saturated heterocycles. The van der Waals surface area contributed by atoms with Crippen LogP contribution < -0.4 is 10.1 Å². The van der Waals surface area contributed by atoms with Crippen LogP contribution in [0.5, 0.6) is 5.75 Å². The molecule has 0 amide bonds. The predicted octanol–water partition coefficient (Wildman–Crippen LogP) is 3.41. The van der Waals surface area contributed by atoms with Crippen LogP contribution in [0.3, 0.4) is 0 Å². The van der Waals surface area contributed by atoms with E-state index in [1.54, 1.807) is 19.2 Å². The van der Waals surface area contributed by atoms with Crippen molar-refractivity contribution >= 4 is 51.8 Å². The normalized spacial score (nSPS) is 10.9. The Kier molecular flexibility index (Phi) is 9.80. The molecule has 0 bridgehead atoms. The Morgan fingerprint density at radius 1 is 1.32 bits per heavy atom. The van der Waals surface area contributed by atoms with Crippen LogP contribution in [-0.2, 0) is 24.9 Å². The maximum absolute atomic E-state index is 11.9. The Bertz CT molecular complexity index is 839. The van der Waals surface area contributed by atoms with Crippen molar-refractivity contribution in [2.75, 3.05) is 28.3 Å². The summed E-state index contributed by atoms with van der Waals surface area (Å²) >= 11 is 3.49. The molecular formula is C19H26BrIN4O3. The molecule has 2 rings (SSSR count). The Morgan fingerprint density at radius 2 is 2.04 bits per heavy atom. The predicted molar refractivity (Wildman–Crippen MR) is 125 cm³/mol. The Hall–Kier alpha value is -1.75. The van der Waals surface area contributed by atoms with Crippen molar-refractivity contribution in [1.29, 1.82) is 0 Å². The molecule has 0 aliphatic carbocycles. The average Bonchev–Trinajstić information content (AvgIpc) is 2.98. The fourth-order valence-corrected chi connectivity index (χ4v) is 3.31. The minimum atomic E-state index is -0.426. The number of benzene rings is 1. The second kappa shape index (κ2) is 11.3. The zero-order valence-electron chi connectivity index (χ0n) is 16.7. The number of rotatable bonds is 6. The van der Waals surface area contributed by atoms with Crippen molar-refractivity contribution in [3.8, 4) is 5.75 Å². The van der Waals surface area contributed by atoms with E-state index in [1.807, 2.05) is 31.3 Å². The molecule has 0 saturated carbocycles. The van der Waals surface area contributed by atoms with Crippen molar-refractivity contribution < 1.29 is 14.3 Å². The van der Waals surface area contributed by atoms with Crippen LogP contribution in [0, 0.1) is 0 Å². The molecular weight excluding hydrogens is 539 g/mol. The van der Waals surface area contributed by atoms with E-state index in [2.05, 4.69) is 36.9 Å². The van der Waals surface area contributed by atoms with Crippen LogP contribution >= 0.6 is 39.9 Å². The first kappa shape index (κ1) is 24.3. The topological polar surface area (TPSA) is 68.1 Å². The molecule has 1 N–H and O–H groups in total. The summed E-state index contributed by atoms with van der Waals surface area (Å²) < 4.78 is 13.2. The van der Waals surface area contributed by atoms with Gasteiger partial charge in [-0.15, -0.1) is 24.0 Å². The summed E-state index contributed by atoms with van der Waals surface area (Å²) in [5.41, 5.74) is 2.48. The standard InChI is InChI=1S/C19H25BrN4O3.HI/c1-21-19(24(3)12-15-9-14(20)11-23(15)2)22-10-13-6-7-17(26-4)16(8-13)18(25)27-5;/h6-9,11H,10,12H2,1-5H3,(H,21,22);1H. The zero-order valence-corrected chi connectivity index (χ0v) is 20.6. The fraction of sp³-hybridized carbons (Fsp3) is 0.368. The number of nitrogens with zero attached hydrogens (tertiary/aromatic N) is 3. The second-order valence-corrected chi connectivity index (χ2v) is 6.96. The Balaban J connectivity index is 0.00000392. The van der Waals surface area contributed by atoms with Gasteiger partial charge in [0.05, 0.1) is 20.8 Å². The molecule has 1 heterocycles. The number of nitrogens with one attached hydrogen (secondary N) is 1. The van der Waals surface area contributed by atoms with Crippen LogP contribution in [0.25, 0.3) is 0 Å². The molecule has 0 unspecified atom stereocenters. The summed E-state index contributed by atoms with van der Waals surface area (Å²) in [7, 11) is 8.61. The summed E-state index contributed by atoms with van der Waals surface area (Å²) in [4.78, 5) is 18.3. The van der Waals surface area contributed by atoms with E-state index in [4.69, 9.17) is 9.47 Å². The third kappa shape index (κ3) is 6.13. The summed E-state index contributed by atoms with van der Waals surface area (Å²) in [6, 6.07) is 7.51. The highest BCUT2D eigenvalue weighted by Gasteiger charge is 2.14. The van der Waals surface area contributed by atoms with Gasteiger partial charge in [0, 0.05) is 44.1 Å². The number of ether oxygens (including phenoxy) is 2. The smallest absolute Gasteiger partial charge is 0.341 e. The minimum Gasteiger partial charge on any atom is -0.496 e. The van der Waals surface area contributed by atoms with Gasteiger partial charge in [0.1, 0.15) is 11.3 Å². The van der Waals surface area contributed by atoms with E-state index in [9.17, 15) is 4.79 Å². The second-order valence-electron chi connectivity index (χ2n) is 6.04. The van der Waals surface area contributed by atoms with E-state index < -0.39 is 5.97 Å². The maximum Gasteiger partial charge on any atom is 0.341 e. The third-order valence-corrected chi connectivity index (χ3v) is 4.60. The van der Waals surface area contributed by atoms with Gasteiger partial charge in [-0.3, -0.25) is 4.99 Å². The number of methoxy groups -OCH3 is 2. The van der Waals surface area contributed by atoms with Gasteiger partial charge in [-0.25, -0.2) is 4.79 Å². The van der Waals surface area contributed by atoms with Crippen molar-refractivity contribution in [3.05, 3.63) is 51.8 Å². The van der Waals surface area contributed by atoms with Crippen LogP contribution in [0.15, 0.2) is 39.9 Å². The van der Waals surface area contributed by atoms with Gasteiger partial charge in [0.25, 0.3) is 0 Å². The monoisotopic (exact) mass is 564 g/mol. The van der Waals surface area contributed by atoms with E-state index in [1.165, 1.54) is 14.2 Å². The molecule has 0 aliphatic heterocycles. The maximum atomic E-state index is 11.9. The SMILES string of the molecule is CN=C(NCc1ccc(OC)c(C(=O)OC)c1)N(C)Cc1cc(Br)cn1C.I. The van der Waals surface area contributed by atoms with E-state index in [0.29, 0.717) is 24.4 Å². The summed E-state index contributed by atoms with van der Waals surface area (Å²) in [5.74, 6) is 0.814. The van der Waals surface area contributed by atoms with Gasteiger partial charge >= 0.3 is 5.97 Å². The van der Waals surface area contributed by atoms with Crippen LogP contribution in [0.1, 0.15) is 21.6 Å². The summed E-state index contributed by atoms with van der Waals surface area (Å²) in [6.07, 6.45) is 2.02. The molecule has 0 aliphatic rings. The molecule has 0 spiro atoms. The molecule has 7 nitrogen and oxygen atoms in total. The highest BCUT2D eigenvalue weighted by molar-refractivity contribution is 14.0. The summed E-state index contributed by atoms with van der Waals surface area (Å²) in [6.45, 7) is 1.22. The van der Waals surface area contributed by atoms with Gasteiger partial charge < -0.3 is 24.3 Å². The molecule has 1 aromatic carbocycles. The highest BCUT2D eigenvalue weighted by Crippen LogP contribution is 2.21. The molecule has 0 atom stereocenters. The molecule has 0 radical (unpaired) electrons. The molecule has 2 aromatic rings. The van der Waals surface area contributed by atoms with Gasteiger partial charge in [-0.1, -0.05) is 6.07 Å². The number of halogens is 2. The lowest BCUT2D eigenvalue weighted by Gasteiger charge is -2.22. The number of aliphatic imine (C=N–C) groups is 1. The number of aryl methyl sites for hydroxylation is 1.